The highest BCUT2D eigenvalue weighted by atomic mass is 32.1. The smallest absolute Gasteiger partial charge is 0.410 e. The molecule has 0 saturated heterocycles. The molecule has 0 bridgehead atoms. The number of carboxylic acid groups (broad SMARTS) is 1. The third-order valence-electron chi connectivity index (χ3n) is 4.97. The molecule has 7 heteroatoms. The van der Waals surface area contributed by atoms with Gasteiger partial charge in [-0.25, -0.2) is 9.59 Å². The number of amides is 1. The van der Waals surface area contributed by atoms with Crippen LogP contribution in [0.2, 0.25) is 0 Å². The Morgan fingerprint density at radius 1 is 1.14 bits per heavy atom. The van der Waals surface area contributed by atoms with E-state index in [0.29, 0.717) is 4.88 Å². The number of fused-ring (bicyclic) bond motifs is 3. The highest BCUT2D eigenvalue weighted by molar-refractivity contribution is 7.09. The highest BCUT2D eigenvalue weighted by Gasteiger charge is 2.33. The van der Waals surface area contributed by atoms with Crippen molar-refractivity contribution < 1.29 is 19.4 Å². The number of aromatic nitrogens is 1. The zero-order valence-electron chi connectivity index (χ0n) is 15.1. The number of benzene rings is 2. The summed E-state index contributed by atoms with van der Waals surface area (Å²) >= 11 is 1.19. The minimum atomic E-state index is -1.12. The average Bonchev–Trinajstić information content (AvgIpc) is 3.32. The minimum absolute atomic E-state index is 0.0727. The lowest BCUT2D eigenvalue weighted by Gasteiger charge is -2.24. The van der Waals surface area contributed by atoms with E-state index in [0.717, 1.165) is 27.2 Å². The second-order valence-corrected chi connectivity index (χ2v) is 7.48. The molecule has 28 heavy (non-hydrogen) atoms. The first kappa shape index (κ1) is 18.2. The number of carboxylic acids is 1. The number of likely N-dealkylation sites (N-methyl/N-ethyl adjacent to an activating group) is 1. The quantitative estimate of drug-likeness (QED) is 0.703. The number of aliphatic carboxylic acids is 1. The average molecular weight is 394 g/mol. The van der Waals surface area contributed by atoms with Gasteiger partial charge in [-0.2, -0.15) is 0 Å². The van der Waals surface area contributed by atoms with E-state index in [9.17, 15) is 14.7 Å². The van der Waals surface area contributed by atoms with Gasteiger partial charge in [0.1, 0.15) is 6.61 Å². The Hall–Kier alpha value is -3.19. The number of carbonyl (C=O) groups is 2. The van der Waals surface area contributed by atoms with Crippen LogP contribution >= 0.6 is 11.3 Å². The molecule has 0 fully saturated rings. The second kappa shape index (κ2) is 7.44. The van der Waals surface area contributed by atoms with Crippen LogP contribution in [0.5, 0.6) is 0 Å². The van der Waals surface area contributed by atoms with Crippen molar-refractivity contribution in [3.63, 3.8) is 0 Å². The Labute approximate surface area is 166 Å². The van der Waals surface area contributed by atoms with E-state index in [1.165, 1.54) is 30.1 Å². The van der Waals surface area contributed by atoms with Crippen LogP contribution in [-0.2, 0) is 9.53 Å². The number of carbonyl (C=O) groups excluding carboxylic acids is 1. The van der Waals surface area contributed by atoms with Gasteiger partial charge in [-0.3, -0.25) is 9.88 Å². The Morgan fingerprint density at radius 3 is 2.29 bits per heavy atom. The van der Waals surface area contributed by atoms with E-state index in [2.05, 4.69) is 17.1 Å². The number of ether oxygens (including phenoxy) is 1. The maximum atomic E-state index is 12.6. The summed E-state index contributed by atoms with van der Waals surface area (Å²) in [7, 11) is 1.43. The predicted octanol–water partition coefficient (Wildman–Crippen LogP) is 4.15. The molecule has 1 aliphatic rings. The van der Waals surface area contributed by atoms with E-state index in [4.69, 9.17) is 4.74 Å². The zero-order chi connectivity index (χ0) is 19.7. The van der Waals surface area contributed by atoms with Gasteiger partial charge < -0.3 is 9.84 Å². The topological polar surface area (TPSA) is 79.7 Å². The summed E-state index contributed by atoms with van der Waals surface area (Å²) in [6, 6.07) is 15.0. The maximum absolute atomic E-state index is 12.6. The molecule has 2 aromatic carbocycles. The third kappa shape index (κ3) is 3.14. The van der Waals surface area contributed by atoms with Crippen molar-refractivity contribution in [2.75, 3.05) is 13.7 Å². The van der Waals surface area contributed by atoms with Gasteiger partial charge in [0.15, 0.2) is 6.04 Å². The largest absolute Gasteiger partial charge is 0.479 e. The Kier molecular flexibility index (Phi) is 4.83. The molecule has 1 amide bonds. The van der Waals surface area contributed by atoms with Crippen molar-refractivity contribution in [1.82, 2.24) is 9.88 Å². The first-order chi connectivity index (χ1) is 13.6. The van der Waals surface area contributed by atoms with Crippen molar-refractivity contribution in [2.45, 2.75) is 12.0 Å². The van der Waals surface area contributed by atoms with E-state index in [-0.39, 0.29) is 12.5 Å². The van der Waals surface area contributed by atoms with Crippen LogP contribution in [0.25, 0.3) is 11.1 Å². The fraction of sp³-hybridized carbons (Fsp3) is 0.190. The summed E-state index contributed by atoms with van der Waals surface area (Å²) in [4.78, 5) is 29.7. The zero-order valence-corrected chi connectivity index (χ0v) is 15.9. The predicted molar refractivity (Wildman–Crippen MR) is 105 cm³/mol. The number of thiazole rings is 1. The Bertz CT molecular complexity index is 973. The summed E-state index contributed by atoms with van der Waals surface area (Å²) in [5, 5.41) is 9.53. The molecule has 1 atom stereocenters. The van der Waals surface area contributed by atoms with Gasteiger partial charge in [-0.1, -0.05) is 48.5 Å². The molecule has 0 saturated carbocycles. The van der Waals surface area contributed by atoms with Gasteiger partial charge in [-0.05, 0) is 22.3 Å². The summed E-state index contributed by atoms with van der Waals surface area (Å²) < 4.78 is 5.54. The number of nitrogens with zero attached hydrogens (tertiary/aromatic N) is 2. The molecule has 6 nitrogen and oxygen atoms in total. The van der Waals surface area contributed by atoms with E-state index >= 15 is 0 Å². The van der Waals surface area contributed by atoms with Gasteiger partial charge >= 0.3 is 12.1 Å². The van der Waals surface area contributed by atoms with Gasteiger partial charge in [0.25, 0.3) is 0 Å². The van der Waals surface area contributed by atoms with Crippen LogP contribution in [0.3, 0.4) is 0 Å². The molecule has 142 valence electrons. The lowest BCUT2D eigenvalue weighted by Crippen LogP contribution is -2.36. The fourth-order valence-electron chi connectivity index (χ4n) is 3.64. The van der Waals surface area contributed by atoms with Gasteiger partial charge in [0.2, 0.25) is 0 Å². The number of rotatable bonds is 5. The summed E-state index contributed by atoms with van der Waals surface area (Å²) in [5.74, 6) is -1.20. The maximum Gasteiger partial charge on any atom is 0.410 e. The van der Waals surface area contributed by atoms with Crippen LogP contribution in [0.15, 0.2) is 60.2 Å². The van der Waals surface area contributed by atoms with Crippen molar-refractivity contribution in [2.24, 2.45) is 0 Å². The molecule has 0 spiro atoms. The molecule has 0 aliphatic heterocycles. The number of hydrogen-bond acceptors (Lipinski definition) is 5. The Balaban J connectivity index is 1.53. The molecule has 0 radical (unpaired) electrons. The van der Waals surface area contributed by atoms with Crippen LogP contribution in [0.4, 0.5) is 4.79 Å². The summed E-state index contributed by atoms with van der Waals surface area (Å²) in [6.45, 7) is 0.145. The first-order valence-electron chi connectivity index (χ1n) is 8.77. The summed E-state index contributed by atoms with van der Waals surface area (Å²) in [6.07, 6.45) is 0.777. The van der Waals surface area contributed by atoms with Crippen LogP contribution < -0.4 is 0 Å². The molecule has 1 N–H and O–H groups in total. The van der Waals surface area contributed by atoms with E-state index in [1.54, 1.807) is 0 Å². The van der Waals surface area contributed by atoms with Crippen LogP contribution in [-0.4, -0.2) is 40.7 Å². The second-order valence-electron chi connectivity index (χ2n) is 6.56. The fourth-order valence-corrected chi connectivity index (χ4v) is 4.39. The van der Waals surface area contributed by atoms with Gasteiger partial charge in [0, 0.05) is 19.2 Å². The van der Waals surface area contributed by atoms with Crippen LogP contribution in [0.1, 0.15) is 28.0 Å². The monoisotopic (exact) mass is 394 g/mol. The van der Waals surface area contributed by atoms with Crippen molar-refractivity contribution in [1.29, 1.82) is 0 Å². The van der Waals surface area contributed by atoms with Crippen molar-refractivity contribution in [3.8, 4) is 11.1 Å². The SMILES string of the molecule is CN(C(=O)OCC1c2ccccc2-c2ccccc21)C(C(=O)O)c1cncs1. The first-order valence-corrected chi connectivity index (χ1v) is 9.65. The Morgan fingerprint density at radius 2 is 1.75 bits per heavy atom. The molecular formula is C21H18N2O4S. The number of hydrogen-bond donors (Lipinski definition) is 1. The van der Waals surface area contributed by atoms with E-state index < -0.39 is 18.1 Å². The third-order valence-corrected chi connectivity index (χ3v) is 5.79. The molecule has 1 heterocycles. The minimum Gasteiger partial charge on any atom is -0.479 e. The summed E-state index contributed by atoms with van der Waals surface area (Å²) in [5.41, 5.74) is 6.03. The standard InChI is InChI=1S/C21H18N2O4S/c1-23(19(20(24)25)18-10-22-12-28-18)21(26)27-11-17-15-8-4-2-6-13(15)14-7-3-5-9-16(14)17/h2-10,12,17,19H,11H2,1H3,(H,24,25). The molecule has 3 aromatic rings. The molecule has 1 aliphatic carbocycles. The van der Waals surface area contributed by atoms with E-state index in [1.807, 2.05) is 36.4 Å². The molecular weight excluding hydrogens is 376 g/mol. The molecule has 1 unspecified atom stereocenters. The highest BCUT2D eigenvalue weighted by Crippen LogP contribution is 2.44. The van der Waals surface area contributed by atoms with Crippen molar-refractivity contribution in [3.05, 3.63) is 76.2 Å². The lowest BCUT2D eigenvalue weighted by atomic mass is 9.98. The van der Waals surface area contributed by atoms with Gasteiger partial charge in [-0.15, -0.1) is 11.3 Å². The van der Waals surface area contributed by atoms with Crippen LogP contribution in [0, 0.1) is 0 Å². The van der Waals surface area contributed by atoms with Crippen molar-refractivity contribution >= 4 is 23.4 Å². The lowest BCUT2D eigenvalue weighted by molar-refractivity contribution is -0.142. The van der Waals surface area contributed by atoms with Gasteiger partial charge in [0.05, 0.1) is 10.4 Å². The normalized spacial score (nSPS) is 13.5. The molecule has 1 aromatic heterocycles. The molecule has 4 rings (SSSR count).